The van der Waals surface area contributed by atoms with Crippen LogP contribution in [0.1, 0.15) is 98.8 Å². The molecular weight excluding hydrogens is 1030 g/mol. The highest BCUT2D eigenvalue weighted by Gasteiger charge is 2.52. The molecule has 2 heterocycles. The van der Waals surface area contributed by atoms with Crippen molar-refractivity contribution < 1.29 is 53.4 Å². The van der Waals surface area contributed by atoms with Crippen molar-refractivity contribution in [2.24, 2.45) is 71.6 Å². The second kappa shape index (κ2) is 38.7. The number of ketones is 1. The molecule has 0 amide bonds. The maximum absolute atomic E-state index is 12.6. The van der Waals surface area contributed by atoms with E-state index in [9.17, 15) is 34.5 Å². The van der Waals surface area contributed by atoms with E-state index in [1.54, 1.807) is 7.05 Å². The Labute approximate surface area is 464 Å². The van der Waals surface area contributed by atoms with Crippen LogP contribution in [0.25, 0.3) is 0 Å². The molecule has 0 aromatic carbocycles. The number of nitrogens with zero attached hydrogens (tertiary/aromatic N) is 4. The lowest BCUT2D eigenvalue weighted by Crippen LogP contribution is -2.71. The fraction of sp³-hybridized carbons (Fsp3) is 0.830. The molecule has 0 bridgehead atoms. The van der Waals surface area contributed by atoms with E-state index in [0.717, 1.165) is 25.3 Å². The van der Waals surface area contributed by atoms with Gasteiger partial charge in [-0.25, -0.2) is 21.7 Å². The molecule has 79 heavy (non-hydrogen) atoms. The molecule has 1 aliphatic carbocycles. The topological polar surface area (TPSA) is 546 Å². The van der Waals surface area contributed by atoms with Gasteiger partial charge in [0.25, 0.3) is 0 Å². The van der Waals surface area contributed by atoms with Crippen LogP contribution < -0.4 is 94.8 Å². The molecule has 0 aromatic heterocycles. The van der Waals surface area contributed by atoms with E-state index in [4.69, 9.17) is 70.6 Å². The Kier molecular flexibility index (Phi) is 35.3. The van der Waals surface area contributed by atoms with Crippen molar-refractivity contribution >= 4 is 48.5 Å². The summed E-state index contributed by atoms with van der Waals surface area (Å²) in [4.78, 5) is 63.1. The van der Waals surface area contributed by atoms with Crippen molar-refractivity contribution in [2.45, 2.75) is 202 Å². The Hall–Kier alpha value is -4.88. The molecule has 2 saturated heterocycles. The van der Waals surface area contributed by atoms with Gasteiger partial charge in [0, 0.05) is 32.2 Å². The Bertz CT molecular complexity index is 1860. The zero-order valence-corrected chi connectivity index (χ0v) is 45.9. The molecule has 3 rings (SSSR count). The summed E-state index contributed by atoms with van der Waals surface area (Å²) < 4.78 is 25.8. The SMILES string of the molecule is C.CC(=O)C(N)CCCN=C(N)N.CNC(C)C1CCC(NN[C@@H](C=O)CCCN=C(N)N)[C@@H](O[C@H]2C(NN[C@@H](C=O)CCCN=C(N)N)C[C@@H](NN[C@@H](C=O)CCCN=C(N)N)[C@@H](OC3OCC(C)(O)[C@@H](NC)C3O)C2O)O1. The summed E-state index contributed by atoms with van der Waals surface area (Å²) in [5.41, 5.74) is 65.8. The molecule has 458 valence electrons. The third kappa shape index (κ3) is 27.0. The average molecular weight is 1130 g/mol. The minimum Gasteiger partial charge on any atom is -0.388 e. The van der Waals surface area contributed by atoms with Crippen LogP contribution in [0.4, 0.5) is 0 Å². The van der Waals surface area contributed by atoms with Crippen LogP contribution in [-0.2, 0) is 38.1 Å². The monoisotopic (exact) mass is 1130 g/mol. The van der Waals surface area contributed by atoms with Gasteiger partial charge in [-0.3, -0.25) is 35.6 Å². The van der Waals surface area contributed by atoms with Crippen LogP contribution in [0, 0.1) is 0 Å². The highest BCUT2D eigenvalue weighted by molar-refractivity contribution is 5.81. The van der Waals surface area contributed by atoms with Crippen LogP contribution >= 0.6 is 0 Å². The number of aliphatic hydroxyl groups is 3. The normalized spacial score (nSPS) is 28.5. The third-order valence-electron chi connectivity index (χ3n) is 13.4. The summed E-state index contributed by atoms with van der Waals surface area (Å²) in [5.74, 6) is -0.119. The standard InChI is InChI=1S/C39H79N17O10.C7H16N4O.CH4/c1-21(46-3)28-12-11-25(54-51-22(17-57)8-5-13-48-36(40)41)34(64-28)65-31-26(55-52-23(18-58)9-6-14-49-37(42)43)16-27(56-53-24(19-59)10-7-15-50-38(44)45)32(29(31)60)66-35-30(61)33(47-4)39(2,62)20-63-35;1-5(12)6(8)3-2-4-11-7(9)10;/h17-19,21-35,46-47,51-56,60-62H,5-16,20H2,1-4H3,(H4,40,41,48)(H4,42,43,49)(H4,44,45,50);6H,2-4,8H2,1H3,(H4,9,10,11);1H4/t21?,22-,23-,24-,25?,26?,27-,28?,29?,30?,31+,32-,33+,34-,35?,39?;;/m1../s1. The molecule has 32 heteroatoms. The van der Waals surface area contributed by atoms with Crippen molar-refractivity contribution in [1.82, 2.24) is 43.2 Å². The number of carbonyl (C=O) groups excluding carboxylic acids is 4. The number of hydrogen-bond donors (Lipinski definition) is 20. The predicted molar refractivity (Wildman–Crippen MR) is 301 cm³/mol. The maximum Gasteiger partial charge on any atom is 0.185 e. The second-order valence-corrected chi connectivity index (χ2v) is 19.8. The van der Waals surface area contributed by atoms with Gasteiger partial charge in [0.2, 0.25) is 0 Å². The maximum atomic E-state index is 12.6. The number of aldehydes is 3. The number of hydrogen-bond acceptors (Lipinski definition) is 24. The quantitative estimate of drug-likeness (QED) is 0.00911. The number of likely N-dealkylation sites (N-methyl/N-ethyl adjacent to an activating group) is 2. The predicted octanol–water partition coefficient (Wildman–Crippen LogP) is -7.47. The number of carbonyl (C=O) groups is 4. The van der Waals surface area contributed by atoms with E-state index < -0.39 is 84.9 Å². The van der Waals surface area contributed by atoms with E-state index in [0.29, 0.717) is 70.9 Å². The van der Waals surface area contributed by atoms with Crippen molar-refractivity contribution in [3.63, 3.8) is 0 Å². The Balaban J connectivity index is 0.00000213. The van der Waals surface area contributed by atoms with Crippen LogP contribution in [0.15, 0.2) is 20.0 Å². The van der Waals surface area contributed by atoms with Gasteiger partial charge in [0.05, 0.1) is 61.0 Å². The van der Waals surface area contributed by atoms with Gasteiger partial charge in [-0.05, 0) is 105 Å². The summed E-state index contributed by atoms with van der Waals surface area (Å²) in [6.45, 7) is 6.18. The molecule has 32 nitrogen and oxygen atoms in total. The minimum atomic E-state index is -1.53. The molecule has 3 fully saturated rings. The summed E-state index contributed by atoms with van der Waals surface area (Å²) in [6, 6.07) is -5.65. The summed E-state index contributed by atoms with van der Waals surface area (Å²) >= 11 is 0. The van der Waals surface area contributed by atoms with Crippen molar-refractivity contribution in [3.05, 3.63) is 0 Å². The van der Waals surface area contributed by atoms with Gasteiger partial charge < -0.3 is 111 Å². The van der Waals surface area contributed by atoms with Crippen LogP contribution in [0.5, 0.6) is 0 Å². The van der Waals surface area contributed by atoms with Gasteiger partial charge in [-0.1, -0.05) is 7.43 Å². The lowest BCUT2D eigenvalue weighted by molar-refractivity contribution is -0.311. The molecular formula is C47H99N21O11. The molecule has 1 saturated carbocycles. The number of nitrogens with two attached hydrogens (primary N) is 9. The first-order valence-corrected chi connectivity index (χ1v) is 26.4. The number of aliphatic imine (C=N–C) groups is 4. The number of rotatable bonds is 36. The van der Waals surface area contributed by atoms with Gasteiger partial charge in [-0.15, -0.1) is 0 Å². The first kappa shape index (κ1) is 72.1. The number of Topliss-reactive ketones (excluding diaryl/α,β-unsaturated/α-hetero) is 1. The van der Waals surface area contributed by atoms with Crippen molar-refractivity contribution in [1.29, 1.82) is 0 Å². The summed E-state index contributed by atoms with van der Waals surface area (Å²) in [5, 5.41) is 41.2. The highest BCUT2D eigenvalue weighted by atomic mass is 16.7. The number of nitrogens with one attached hydrogen (secondary N) is 8. The largest absolute Gasteiger partial charge is 0.388 e. The lowest BCUT2D eigenvalue weighted by Gasteiger charge is -2.50. The van der Waals surface area contributed by atoms with E-state index >= 15 is 0 Å². The molecule has 29 N–H and O–H groups in total. The first-order chi connectivity index (χ1) is 37.0. The second-order valence-electron chi connectivity index (χ2n) is 19.8. The summed E-state index contributed by atoms with van der Waals surface area (Å²) in [7, 11) is 3.39. The van der Waals surface area contributed by atoms with Gasteiger partial charge >= 0.3 is 0 Å². The van der Waals surface area contributed by atoms with E-state index in [-0.39, 0.29) is 81.4 Å². The zero-order valence-electron chi connectivity index (χ0n) is 45.9. The number of guanidine groups is 4. The van der Waals surface area contributed by atoms with Crippen LogP contribution in [0.2, 0.25) is 0 Å². The van der Waals surface area contributed by atoms with Crippen LogP contribution in [0.3, 0.4) is 0 Å². The number of aliphatic hydroxyl groups excluding tert-OH is 2. The first-order valence-electron chi connectivity index (χ1n) is 26.4. The molecule has 2 aliphatic heterocycles. The number of ether oxygens (including phenoxy) is 4. The third-order valence-corrected chi connectivity index (χ3v) is 13.4. The smallest absolute Gasteiger partial charge is 0.185 e. The summed E-state index contributed by atoms with van der Waals surface area (Å²) in [6.07, 6.45) is -0.701. The number of hydrazine groups is 3. The molecule has 3 aliphatic rings. The lowest BCUT2D eigenvalue weighted by atomic mass is 9.83. The van der Waals surface area contributed by atoms with Crippen molar-refractivity contribution in [3.8, 4) is 0 Å². The van der Waals surface area contributed by atoms with E-state index in [1.165, 1.54) is 13.8 Å². The van der Waals surface area contributed by atoms with Crippen LogP contribution in [-0.4, -0.2) is 214 Å². The Morgan fingerprint density at radius 2 is 1.08 bits per heavy atom. The van der Waals surface area contributed by atoms with E-state index in [1.807, 2.05) is 14.0 Å². The average Bonchev–Trinajstić information content (AvgIpc) is 3.41. The molecule has 0 aromatic rings. The molecule has 17 atom stereocenters. The van der Waals surface area contributed by atoms with Crippen molar-refractivity contribution in [2.75, 3.05) is 46.9 Å². The Morgan fingerprint density at radius 3 is 1.46 bits per heavy atom. The highest BCUT2D eigenvalue weighted by Crippen LogP contribution is 2.33. The fourth-order valence-electron chi connectivity index (χ4n) is 8.79. The van der Waals surface area contributed by atoms with Gasteiger partial charge in [0.15, 0.2) is 36.4 Å². The Morgan fingerprint density at radius 1 is 0.671 bits per heavy atom. The van der Waals surface area contributed by atoms with Gasteiger partial charge in [0.1, 0.15) is 54.7 Å². The molecule has 9 unspecified atom stereocenters. The zero-order chi connectivity index (χ0) is 58.4. The fourth-order valence-corrected chi connectivity index (χ4v) is 8.79. The molecule has 0 radical (unpaired) electrons. The molecule has 0 spiro atoms. The van der Waals surface area contributed by atoms with E-state index in [2.05, 4.69) is 63.2 Å². The van der Waals surface area contributed by atoms with Gasteiger partial charge in [-0.2, -0.15) is 0 Å². The minimum absolute atomic E-state index is 0.